The summed E-state index contributed by atoms with van der Waals surface area (Å²) in [4.78, 5) is 11.1. The summed E-state index contributed by atoms with van der Waals surface area (Å²) in [5.74, 6) is -0.904. The molecule has 1 aromatic heterocycles. The van der Waals surface area contributed by atoms with Crippen molar-refractivity contribution in [2.45, 2.75) is 6.42 Å². The van der Waals surface area contributed by atoms with Crippen LogP contribution >= 0.6 is 0 Å². The van der Waals surface area contributed by atoms with Gasteiger partial charge in [-0.3, -0.25) is 0 Å². The molecule has 17 heavy (non-hydrogen) atoms. The van der Waals surface area contributed by atoms with E-state index in [-0.39, 0.29) is 17.6 Å². The molecule has 0 unspecified atom stereocenters. The molecule has 5 nitrogen and oxygen atoms in total. The highest BCUT2D eigenvalue weighted by Gasteiger charge is 2.14. The van der Waals surface area contributed by atoms with Gasteiger partial charge in [-0.25, -0.2) is 9.18 Å². The molecule has 0 N–H and O–H groups in total. The molecule has 0 fully saturated rings. The van der Waals surface area contributed by atoms with E-state index in [0.717, 1.165) is 5.56 Å². The van der Waals surface area contributed by atoms with Crippen molar-refractivity contribution in [2.24, 2.45) is 0 Å². The lowest BCUT2D eigenvalue weighted by Gasteiger charge is -1.96. The largest absolute Gasteiger partial charge is 0.462 e. The number of methoxy groups -OCH3 is 1. The highest BCUT2D eigenvalue weighted by molar-refractivity contribution is 5.83. The maximum Gasteiger partial charge on any atom is 0.396 e. The minimum atomic E-state index is -0.678. The van der Waals surface area contributed by atoms with E-state index < -0.39 is 5.97 Å². The molecule has 6 heteroatoms. The van der Waals surface area contributed by atoms with E-state index >= 15 is 0 Å². The fourth-order valence-corrected chi connectivity index (χ4v) is 1.27. The number of aromatic nitrogens is 2. The SMILES string of the molecule is COC(=O)c1nnc(Cc2ccc(F)cc2)o1. The van der Waals surface area contributed by atoms with Gasteiger partial charge >= 0.3 is 11.9 Å². The van der Waals surface area contributed by atoms with Gasteiger partial charge in [-0.15, -0.1) is 10.2 Å². The van der Waals surface area contributed by atoms with Crippen LogP contribution in [0.2, 0.25) is 0 Å². The maximum absolute atomic E-state index is 12.7. The second-order valence-electron chi connectivity index (χ2n) is 3.30. The molecule has 88 valence electrons. The topological polar surface area (TPSA) is 65.2 Å². The Morgan fingerprint density at radius 1 is 1.35 bits per heavy atom. The summed E-state index contributed by atoms with van der Waals surface area (Å²) in [6.07, 6.45) is 0.338. The lowest BCUT2D eigenvalue weighted by atomic mass is 10.1. The average Bonchev–Trinajstić information content (AvgIpc) is 2.80. The summed E-state index contributed by atoms with van der Waals surface area (Å²) in [6, 6.07) is 5.90. The van der Waals surface area contributed by atoms with Crippen molar-refractivity contribution in [1.82, 2.24) is 10.2 Å². The van der Waals surface area contributed by atoms with Gasteiger partial charge in [0.15, 0.2) is 0 Å². The minimum Gasteiger partial charge on any atom is -0.462 e. The van der Waals surface area contributed by atoms with Crippen LogP contribution in [-0.2, 0) is 11.2 Å². The van der Waals surface area contributed by atoms with E-state index in [1.54, 1.807) is 12.1 Å². The Kier molecular flexibility index (Phi) is 3.13. The first-order valence-corrected chi connectivity index (χ1v) is 4.84. The monoisotopic (exact) mass is 236 g/mol. The van der Waals surface area contributed by atoms with Crippen molar-refractivity contribution in [3.8, 4) is 0 Å². The number of nitrogens with zero attached hydrogens (tertiary/aromatic N) is 2. The molecule has 0 saturated heterocycles. The Labute approximate surface area is 96.2 Å². The van der Waals surface area contributed by atoms with Gasteiger partial charge in [0, 0.05) is 0 Å². The molecule has 2 aromatic rings. The third-order valence-electron chi connectivity index (χ3n) is 2.10. The zero-order chi connectivity index (χ0) is 12.3. The van der Waals surface area contributed by atoms with Crippen molar-refractivity contribution in [1.29, 1.82) is 0 Å². The summed E-state index contributed by atoms with van der Waals surface area (Å²) < 4.78 is 22.2. The number of ether oxygens (including phenoxy) is 1. The van der Waals surface area contributed by atoms with Gasteiger partial charge in [0.05, 0.1) is 13.5 Å². The van der Waals surface area contributed by atoms with Gasteiger partial charge in [-0.1, -0.05) is 12.1 Å². The Hall–Kier alpha value is -2.24. The van der Waals surface area contributed by atoms with E-state index in [1.165, 1.54) is 19.2 Å². The number of carbonyl (C=O) groups excluding carboxylic acids is 1. The molecule has 0 amide bonds. The molecule has 1 heterocycles. The fraction of sp³-hybridized carbons (Fsp3) is 0.182. The number of esters is 1. The van der Waals surface area contributed by atoms with E-state index in [1.807, 2.05) is 0 Å². The van der Waals surface area contributed by atoms with Gasteiger partial charge in [-0.05, 0) is 17.7 Å². The maximum atomic E-state index is 12.7. The predicted octanol–water partition coefficient (Wildman–Crippen LogP) is 1.59. The van der Waals surface area contributed by atoms with Crippen LogP contribution in [0.3, 0.4) is 0 Å². The first-order valence-electron chi connectivity index (χ1n) is 4.84. The van der Waals surface area contributed by atoms with Gasteiger partial charge < -0.3 is 9.15 Å². The number of hydrogen-bond donors (Lipinski definition) is 0. The molecule has 2 rings (SSSR count). The molecular weight excluding hydrogens is 227 g/mol. The molecule has 0 atom stereocenters. The van der Waals surface area contributed by atoms with Crippen LogP contribution < -0.4 is 0 Å². The molecule has 0 aliphatic heterocycles. The Morgan fingerprint density at radius 3 is 2.71 bits per heavy atom. The standard InChI is InChI=1S/C11H9FN2O3/c1-16-11(15)10-14-13-9(17-10)6-7-2-4-8(12)5-3-7/h2-5H,6H2,1H3. The van der Waals surface area contributed by atoms with E-state index in [0.29, 0.717) is 6.42 Å². The van der Waals surface area contributed by atoms with E-state index in [2.05, 4.69) is 14.9 Å². The van der Waals surface area contributed by atoms with Crippen LogP contribution in [0, 0.1) is 5.82 Å². The van der Waals surface area contributed by atoms with Gasteiger partial charge in [0.2, 0.25) is 5.89 Å². The summed E-state index contributed by atoms with van der Waals surface area (Å²) in [6.45, 7) is 0. The smallest absolute Gasteiger partial charge is 0.396 e. The molecule has 1 aromatic carbocycles. The summed E-state index contributed by atoms with van der Waals surface area (Å²) in [5, 5.41) is 7.23. The number of benzene rings is 1. The second kappa shape index (κ2) is 4.73. The third-order valence-corrected chi connectivity index (χ3v) is 2.10. The first-order chi connectivity index (χ1) is 8.19. The lowest BCUT2D eigenvalue weighted by Crippen LogP contribution is -2.00. The lowest BCUT2D eigenvalue weighted by molar-refractivity contribution is 0.0554. The van der Waals surface area contributed by atoms with Crippen LogP contribution in [0.25, 0.3) is 0 Å². The van der Waals surface area contributed by atoms with E-state index in [9.17, 15) is 9.18 Å². The molecule has 0 bridgehead atoms. The summed E-state index contributed by atoms with van der Waals surface area (Å²) in [7, 11) is 1.23. The van der Waals surface area contributed by atoms with Crippen LogP contribution in [0.5, 0.6) is 0 Å². The van der Waals surface area contributed by atoms with Crippen molar-refractivity contribution >= 4 is 5.97 Å². The Morgan fingerprint density at radius 2 is 2.06 bits per heavy atom. The number of hydrogen-bond acceptors (Lipinski definition) is 5. The molecule has 0 radical (unpaired) electrons. The minimum absolute atomic E-state index is 0.190. The van der Waals surface area contributed by atoms with Crippen LogP contribution in [0.1, 0.15) is 22.1 Å². The highest BCUT2D eigenvalue weighted by atomic mass is 19.1. The summed E-state index contributed by atoms with van der Waals surface area (Å²) >= 11 is 0. The van der Waals surface area contributed by atoms with Crippen molar-refractivity contribution in [2.75, 3.05) is 7.11 Å². The van der Waals surface area contributed by atoms with E-state index in [4.69, 9.17) is 4.42 Å². The van der Waals surface area contributed by atoms with Crippen molar-refractivity contribution in [3.05, 3.63) is 47.4 Å². The average molecular weight is 236 g/mol. The number of carbonyl (C=O) groups is 1. The quantitative estimate of drug-likeness (QED) is 0.757. The van der Waals surface area contributed by atoms with Gasteiger partial charge in [0.1, 0.15) is 5.82 Å². The molecular formula is C11H9FN2O3. The predicted molar refractivity (Wildman–Crippen MR) is 54.8 cm³/mol. The zero-order valence-corrected chi connectivity index (χ0v) is 9.01. The first kappa shape index (κ1) is 11.3. The Balaban J connectivity index is 2.11. The molecule has 0 spiro atoms. The van der Waals surface area contributed by atoms with Gasteiger partial charge in [0.25, 0.3) is 0 Å². The zero-order valence-electron chi connectivity index (χ0n) is 9.01. The summed E-state index contributed by atoms with van der Waals surface area (Å²) in [5.41, 5.74) is 0.812. The fourth-order valence-electron chi connectivity index (χ4n) is 1.27. The highest BCUT2D eigenvalue weighted by Crippen LogP contribution is 2.10. The molecule has 0 aliphatic rings. The number of rotatable bonds is 3. The Bertz CT molecular complexity index is 522. The van der Waals surface area contributed by atoms with Crippen LogP contribution in [0.15, 0.2) is 28.7 Å². The van der Waals surface area contributed by atoms with Crippen LogP contribution in [-0.4, -0.2) is 23.3 Å². The molecule has 0 aliphatic carbocycles. The van der Waals surface area contributed by atoms with Crippen molar-refractivity contribution < 1.29 is 18.3 Å². The normalized spacial score (nSPS) is 10.2. The number of halogens is 1. The molecule has 0 saturated carbocycles. The second-order valence-corrected chi connectivity index (χ2v) is 3.30. The van der Waals surface area contributed by atoms with Gasteiger partial charge in [-0.2, -0.15) is 0 Å². The van der Waals surface area contributed by atoms with Crippen molar-refractivity contribution in [3.63, 3.8) is 0 Å². The van der Waals surface area contributed by atoms with Crippen LogP contribution in [0.4, 0.5) is 4.39 Å². The third kappa shape index (κ3) is 2.66.